The van der Waals surface area contributed by atoms with E-state index in [0.29, 0.717) is 22.2 Å². The second-order valence-electron chi connectivity index (χ2n) is 6.73. The third-order valence-corrected chi connectivity index (χ3v) is 5.56. The fraction of sp³-hybridized carbons (Fsp3) is 0.200. The normalized spacial score (nSPS) is 11.2. The minimum absolute atomic E-state index is 0.210. The summed E-state index contributed by atoms with van der Waals surface area (Å²) in [5.74, 6) is -0.616. The van der Waals surface area contributed by atoms with Crippen molar-refractivity contribution in [3.05, 3.63) is 58.6 Å². The van der Waals surface area contributed by atoms with E-state index >= 15 is 0 Å². The highest BCUT2D eigenvalue weighted by atomic mass is 32.1. The van der Waals surface area contributed by atoms with Gasteiger partial charge in [-0.1, -0.05) is 11.3 Å². The van der Waals surface area contributed by atoms with Crippen LogP contribution >= 0.6 is 11.3 Å². The van der Waals surface area contributed by atoms with Crippen molar-refractivity contribution in [2.45, 2.75) is 13.8 Å². The van der Waals surface area contributed by atoms with Gasteiger partial charge in [-0.15, -0.1) is 0 Å². The Hall–Kier alpha value is -3.13. The Morgan fingerprint density at radius 1 is 1.18 bits per heavy atom. The highest BCUT2D eigenvalue weighted by molar-refractivity contribution is 7.14. The highest BCUT2D eigenvalue weighted by Crippen LogP contribution is 2.27. The molecule has 0 N–H and O–H groups in total. The van der Waals surface area contributed by atoms with Gasteiger partial charge in [0.2, 0.25) is 5.13 Å². The smallest absolute Gasteiger partial charge is 0.254 e. The number of rotatable bonds is 3. The summed E-state index contributed by atoms with van der Waals surface area (Å²) in [4.78, 5) is 24.4. The van der Waals surface area contributed by atoms with Gasteiger partial charge in [-0.05, 0) is 38.1 Å². The van der Waals surface area contributed by atoms with E-state index in [1.54, 1.807) is 48.4 Å². The van der Waals surface area contributed by atoms with Gasteiger partial charge in [0, 0.05) is 36.1 Å². The highest BCUT2D eigenvalue weighted by Gasteiger charge is 2.17. The Bertz CT molecular complexity index is 1190. The standard InChI is InChI=1S/C20H18FN5OS/c1-11-12(2)28-20(23-11)26-10-13(9-22-26)18-8-16(19(27)25(3)4)15-7-14(21)5-6-17(15)24-18/h5-10H,1-4H3. The van der Waals surface area contributed by atoms with Crippen molar-refractivity contribution in [1.82, 2.24) is 24.6 Å². The van der Waals surface area contributed by atoms with Crippen LogP contribution in [0, 0.1) is 19.7 Å². The van der Waals surface area contributed by atoms with Gasteiger partial charge in [-0.25, -0.2) is 19.0 Å². The van der Waals surface area contributed by atoms with Gasteiger partial charge in [0.05, 0.1) is 28.7 Å². The van der Waals surface area contributed by atoms with Gasteiger partial charge in [0.1, 0.15) is 5.82 Å². The predicted molar refractivity (Wildman–Crippen MR) is 107 cm³/mol. The number of halogens is 1. The molecule has 6 nitrogen and oxygen atoms in total. The molecule has 0 atom stereocenters. The summed E-state index contributed by atoms with van der Waals surface area (Å²) in [7, 11) is 3.33. The zero-order valence-electron chi connectivity index (χ0n) is 15.9. The lowest BCUT2D eigenvalue weighted by atomic mass is 10.0. The molecule has 3 aromatic heterocycles. The lowest BCUT2D eigenvalue weighted by Crippen LogP contribution is -2.22. The van der Waals surface area contributed by atoms with Crippen LogP contribution in [-0.4, -0.2) is 44.7 Å². The molecule has 0 bridgehead atoms. The van der Waals surface area contributed by atoms with Crippen LogP contribution in [-0.2, 0) is 0 Å². The summed E-state index contributed by atoms with van der Waals surface area (Å²) >= 11 is 1.56. The van der Waals surface area contributed by atoms with E-state index in [4.69, 9.17) is 0 Å². The van der Waals surface area contributed by atoms with Crippen LogP contribution < -0.4 is 0 Å². The Labute approximate surface area is 165 Å². The molecule has 0 aliphatic carbocycles. The number of aromatic nitrogens is 4. The van der Waals surface area contributed by atoms with Crippen LogP contribution in [0.1, 0.15) is 20.9 Å². The maximum absolute atomic E-state index is 13.8. The van der Waals surface area contributed by atoms with Crippen molar-refractivity contribution in [3.63, 3.8) is 0 Å². The number of fused-ring (bicyclic) bond motifs is 1. The number of pyridine rings is 1. The Morgan fingerprint density at radius 2 is 1.96 bits per heavy atom. The van der Waals surface area contributed by atoms with E-state index in [2.05, 4.69) is 15.1 Å². The second kappa shape index (κ2) is 6.79. The van der Waals surface area contributed by atoms with Crippen molar-refractivity contribution in [2.24, 2.45) is 0 Å². The molecule has 4 aromatic rings. The summed E-state index contributed by atoms with van der Waals surface area (Å²) in [6.45, 7) is 3.98. The number of aryl methyl sites for hydroxylation is 2. The molecule has 0 saturated carbocycles. The molecule has 28 heavy (non-hydrogen) atoms. The molecule has 0 saturated heterocycles. The molecule has 1 aromatic carbocycles. The monoisotopic (exact) mass is 395 g/mol. The van der Waals surface area contributed by atoms with Crippen LogP contribution in [0.25, 0.3) is 27.3 Å². The largest absolute Gasteiger partial charge is 0.345 e. The second-order valence-corrected chi connectivity index (χ2v) is 7.91. The molecule has 8 heteroatoms. The average Bonchev–Trinajstić information content (AvgIpc) is 3.27. The molecule has 3 heterocycles. The number of hydrogen-bond donors (Lipinski definition) is 0. The molecule has 142 valence electrons. The van der Waals surface area contributed by atoms with Gasteiger partial charge in [0.25, 0.3) is 5.91 Å². The molecule has 0 spiro atoms. The van der Waals surface area contributed by atoms with Crippen molar-refractivity contribution in [1.29, 1.82) is 0 Å². The predicted octanol–water partition coefficient (Wildman–Crippen LogP) is 4.00. The quantitative estimate of drug-likeness (QED) is 0.526. The number of nitrogens with zero attached hydrogens (tertiary/aromatic N) is 5. The SMILES string of the molecule is Cc1nc(-n2cc(-c3cc(C(=O)N(C)C)c4cc(F)ccc4n3)cn2)sc1C. The first-order chi connectivity index (χ1) is 13.3. The molecule has 0 aliphatic rings. The fourth-order valence-electron chi connectivity index (χ4n) is 2.88. The van der Waals surface area contributed by atoms with Crippen LogP contribution in [0.3, 0.4) is 0 Å². The summed E-state index contributed by atoms with van der Waals surface area (Å²) in [6, 6.07) is 5.95. The molecule has 1 amide bonds. The van der Waals surface area contributed by atoms with Gasteiger partial charge in [-0.3, -0.25) is 4.79 Å². The van der Waals surface area contributed by atoms with Gasteiger partial charge >= 0.3 is 0 Å². The fourth-order valence-corrected chi connectivity index (χ4v) is 3.72. The van der Waals surface area contributed by atoms with E-state index in [0.717, 1.165) is 21.3 Å². The molecule has 0 radical (unpaired) electrons. The number of hydrogen-bond acceptors (Lipinski definition) is 5. The minimum Gasteiger partial charge on any atom is -0.345 e. The molecular weight excluding hydrogens is 377 g/mol. The van der Waals surface area contributed by atoms with E-state index in [9.17, 15) is 9.18 Å². The lowest BCUT2D eigenvalue weighted by molar-refractivity contribution is 0.0829. The summed E-state index contributed by atoms with van der Waals surface area (Å²) < 4.78 is 15.5. The van der Waals surface area contributed by atoms with E-state index in [1.165, 1.54) is 17.0 Å². The van der Waals surface area contributed by atoms with Gasteiger partial charge in [-0.2, -0.15) is 5.10 Å². The Morgan fingerprint density at radius 3 is 2.64 bits per heavy atom. The zero-order chi connectivity index (χ0) is 20.0. The molecule has 4 rings (SSSR count). The maximum Gasteiger partial charge on any atom is 0.254 e. The summed E-state index contributed by atoms with van der Waals surface area (Å²) in [5, 5.41) is 5.65. The van der Waals surface area contributed by atoms with Crippen LogP contribution in [0.15, 0.2) is 36.7 Å². The van der Waals surface area contributed by atoms with E-state index < -0.39 is 5.82 Å². The first kappa shape index (κ1) is 18.2. The topological polar surface area (TPSA) is 63.9 Å². The summed E-state index contributed by atoms with van der Waals surface area (Å²) in [5.41, 5.74) is 3.28. The van der Waals surface area contributed by atoms with Crippen molar-refractivity contribution < 1.29 is 9.18 Å². The third-order valence-electron chi connectivity index (χ3n) is 4.50. The molecule has 0 unspecified atom stereocenters. The Balaban J connectivity index is 1.85. The first-order valence-electron chi connectivity index (χ1n) is 8.65. The van der Waals surface area contributed by atoms with Crippen LogP contribution in [0.4, 0.5) is 4.39 Å². The zero-order valence-corrected chi connectivity index (χ0v) is 16.7. The van der Waals surface area contributed by atoms with Crippen LogP contribution in [0.5, 0.6) is 0 Å². The van der Waals surface area contributed by atoms with Crippen molar-refractivity contribution in [2.75, 3.05) is 14.1 Å². The number of carbonyl (C=O) groups is 1. The maximum atomic E-state index is 13.8. The van der Waals surface area contributed by atoms with Crippen molar-refractivity contribution >= 4 is 28.1 Å². The Kier molecular flexibility index (Phi) is 4.43. The average molecular weight is 395 g/mol. The number of benzene rings is 1. The molecule has 0 fully saturated rings. The number of carbonyl (C=O) groups excluding carboxylic acids is 1. The summed E-state index contributed by atoms with van der Waals surface area (Å²) in [6.07, 6.45) is 3.52. The van der Waals surface area contributed by atoms with Gasteiger partial charge < -0.3 is 4.90 Å². The number of amides is 1. The van der Waals surface area contributed by atoms with Crippen LogP contribution in [0.2, 0.25) is 0 Å². The van der Waals surface area contributed by atoms with Crippen molar-refractivity contribution in [3.8, 4) is 16.4 Å². The minimum atomic E-state index is -0.405. The molecule has 0 aliphatic heterocycles. The van der Waals surface area contributed by atoms with E-state index in [-0.39, 0.29) is 5.91 Å². The lowest BCUT2D eigenvalue weighted by Gasteiger charge is -2.13. The number of thiazole rings is 1. The van der Waals surface area contributed by atoms with Gasteiger partial charge in [0.15, 0.2) is 0 Å². The third kappa shape index (κ3) is 3.16. The molecular formula is C20H18FN5OS. The first-order valence-corrected chi connectivity index (χ1v) is 9.46. The van der Waals surface area contributed by atoms with E-state index in [1.807, 2.05) is 20.0 Å².